The second kappa shape index (κ2) is 8.50. The Balaban J connectivity index is 1.66. The number of likely N-dealkylation sites (tertiary alicyclic amines) is 1. The fourth-order valence-electron chi connectivity index (χ4n) is 3.41. The van der Waals surface area contributed by atoms with Crippen molar-refractivity contribution in [3.05, 3.63) is 60.1 Å². The topological polar surface area (TPSA) is 60.5 Å². The molecule has 1 saturated heterocycles. The summed E-state index contributed by atoms with van der Waals surface area (Å²) in [6, 6.07) is 16.5. The molecule has 1 unspecified atom stereocenters. The molecule has 0 spiro atoms. The molecule has 0 radical (unpaired) electrons. The monoisotopic (exact) mass is 337 g/mol. The number of hydrogen-bond donors (Lipinski definition) is 0. The van der Waals surface area contributed by atoms with Gasteiger partial charge in [-0.3, -0.25) is 9.69 Å². The number of nitriles is 1. The zero-order chi connectivity index (χ0) is 17.5. The first-order chi connectivity index (χ1) is 12.3. The standard InChI is InChI=1S/C20H23N3O2/c21-11-6-13-23(15-18-9-5-14-25-18)20(24)16-22-12-4-10-19(22)17-7-2-1-3-8-17/h1-3,5,7-9,14,19H,4,6,10,12-13,15-16H2. The first kappa shape index (κ1) is 17.2. The number of rotatable bonds is 7. The Morgan fingerprint density at radius 3 is 2.84 bits per heavy atom. The Hall–Kier alpha value is -2.58. The quantitative estimate of drug-likeness (QED) is 0.777. The number of amides is 1. The van der Waals surface area contributed by atoms with Crippen LogP contribution in [0, 0.1) is 11.3 Å². The smallest absolute Gasteiger partial charge is 0.237 e. The van der Waals surface area contributed by atoms with Gasteiger partial charge in [0.15, 0.2) is 0 Å². The van der Waals surface area contributed by atoms with E-state index in [1.807, 2.05) is 30.3 Å². The Bertz CT molecular complexity index is 706. The van der Waals surface area contributed by atoms with Gasteiger partial charge in [-0.2, -0.15) is 5.26 Å². The Labute approximate surface area is 148 Å². The molecule has 1 fully saturated rings. The normalized spacial score (nSPS) is 17.3. The minimum atomic E-state index is 0.0504. The SMILES string of the molecule is N#CCCN(Cc1ccco1)C(=O)CN1CCCC1c1ccccc1. The molecular formula is C20H23N3O2. The molecular weight excluding hydrogens is 314 g/mol. The van der Waals surface area contributed by atoms with Crippen LogP contribution in [-0.2, 0) is 11.3 Å². The van der Waals surface area contributed by atoms with E-state index in [-0.39, 0.29) is 5.91 Å². The highest BCUT2D eigenvalue weighted by molar-refractivity contribution is 5.78. The molecule has 0 N–H and O–H groups in total. The lowest BCUT2D eigenvalue weighted by molar-refractivity contribution is -0.133. The summed E-state index contributed by atoms with van der Waals surface area (Å²) in [5, 5.41) is 8.88. The van der Waals surface area contributed by atoms with Gasteiger partial charge in [-0.1, -0.05) is 30.3 Å². The molecule has 130 valence electrons. The second-order valence-electron chi connectivity index (χ2n) is 6.34. The molecule has 0 saturated carbocycles. The molecule has 1 aromatic carbocycles. The van der Waals surface area contributed by atoms with Gasteiger partial charge < -0.3 is 9.32 Å². The number of furan rings is 1. The molecule has 3 rings (SSSR count). The van der Waals surface area contributed by atoms with Crippen LogP contribution in [0.4, 0.5) is 0 Å². The third-order valence-electron chi connectivity index (χ3n) is 4.66. The van der Waals surface area contributed by atoms with Gasteiger partial charge in [0.05, 0.1) is 31.8 Å². The summed E-state index contributed by atoms with van der Waals surface area (Å²) in [5.74, 6) is 0.793. The van der Waals surface area contributed by atoms with E-state index in [2.05, 4.69) is 23.1 Å². The molecule has 1 aromatic heterocycles. The molecule has 5 heteroatoms. The fourth-order valence-corrected chi connectivity index (χ4v) is 3.41. The maximum atomic E-state index is 12.8. The lowest BCUT2D eigenvalue weighted by atomic mass is 10.0. The number of carbonyl (C=O) groups excluding carboxylic acids is 1. The Morgan fingerprint density at radius 2 is 2.12 bits per heavy atom. The molecule has 0 bridgehead atoms. The summed E-state index contributed by atoms with van der Waals surface area (Å²) in [5.41, 5.74) is 1.27. The minimum absolute atomic E-state index is 0.0504. The summed E-state index contributed by atoms with van der Waals surface area (Å²) in [6.07, 6.45) is 4.11. The van der Waals surface area contributed by atoms with E-state index in [9.17, 15) is 4.79 Å². The zero-order valence-electron chi connectivity index (χ0n) is 14.3. The van der Waals surface area contributed by atoms with Crippen molar-refractivity contribution in [2.24, 2.45) is 0 Å². The van der Waals surface area contributed by atoms with E-state index in [0.29, 0.717) is 32.1 Å². The minimum Gasteiger partial charge on any atom is -0.467 e. The van der Waals surface area contributed by atoms with Gasteiger partial charge >= 0.3 is 0 Å². The van der Waals surface area contributed by atoms with Crippen LogP contribution in [0.1, 0.15) is 36.6 Å². The van der Waals surface area contributed by atoms with Gasteiger partial charge in [0.2, 0.25) is 5.91 Å². The fraction of sp³-hybridized carbons (Fsp3) is 0.400. The van der Waals surface area contributed by atoms with E-state index in [0.717, 1.165) is 25.1 Å². The molecule has 2 heterocycles. The Kier molecular flexibility index (Phi) is 5.86. The van der Waals surface area contributed by atoms with Gasteiger partial charge in [-0.25, -0.2) is 0 Å². The molecule has 1 aliphatic heterocycles. The van der Waals surface area contributed by atoms with Crippen LogP contribution in [0.5, 0.6) is 0 Å². The number of hydrogen-bond acceptors (Lipinski definition) is 4. The van der Waals surface area contributed by atoms with Crippen LogP contribution in [-0.4, -0.2) is 35.3 Å². The van der Waals surface area contributed by atoms with E-state index < -0.39 is 0 Å². The van der Waals surface area contributed by atoms with Crippen molar-refractivity contribution in [1.29, 1.82) is 5.26 Å². The van der Waals surface area contributed by atoms with Gasteiger partial charge in [0.25, 0.3) is 0 Å². The van der Waals surface area contributed by atoms with Crippen molar-refractivity contribution in [2.75, 3.05) is 19.6 Å². The maximum Gasteiger partial charge on any atom is 0.237 e. The molecule has 5 nitrogen and oxygen atoms in total. The van der Waals surface area contributed by atoms with Gasteiger partial charge in [-0.05, 0) is 37.1 Å². The van der Waals surface area contributed by atoms with Crippen LogP contribution >= 0.6 is 0 Å². The largest absolute Gasteiger partial charge is 0.467 e. The first-order valence-electron chi connectivity index (χ1n) is 8.74. The van der Waals surface area contributed by atoms with Gasteiger partial charge in [-0.15, -0.1) is 0 Å². The van der Waals surface area contributed by atoms with Gasteiger partial charge in [0.1, 0.15) is 5.76 Å². The van der Waals surface area contributed by atoms with Crippen molar-refractivity contribution in [3.8, 4) is 6.07 Å². The predicted molar refractivity (Wildman–Crippen MR) is 94.3 cm³/mol. The summed E-state index contributed by atoms with van der Waals surface area (Å²) >= 11 is 0. The van der Waals surface area contributed by atoms with Crippen LogP contribution < -0.4 is 0 Å². The lowest BCUT2D eigenvalue weighted by Gasteiger charge is -2.28. The first-order valence-corrected chi connectivity index (χ1v) is 8.74. The number of benzene rings is 1. The molecule has 25 heavy (non-hydrogen) atoms. The van der Waals surface area contributed by atoms with E-state index in [1.165, 1.54) is 5.56 Å². The molecule has 1 amide bonds. The third kappa shape index (κ3) is 4.49. The van der Waals surface area contributed by atoms with Crippen LogP contribution in [0.2, 0.25) is 0 Å². The van der Waals surface area contributed by atoms with E-state index in [4.69, 9.17) is 9.68 Å². The summed E-state index contributed by atoms with van der Waals surface area (Å²) in [4.78, 5) is 16.8. The van der Waals surface area contributed by atoms with Crippen LogP contribution in [0.25, 0.3) is 0 Å². The molecule has 1 aliphatic rings. The van der Waals surface area contributed by atoms with Crippen LogP contribution in [0.15, 0.2) is 53.1 Å². The number of nitrogens with zero attached hydrogens (tertiary/aromatic N) is 3. The van der Waals surface area contributed by atoms with Crippen molar-refractivity contribution in [2.45, 2.75) is 31.8 Å². The van der Waals surface area contributed by atoms with Crippen LogP contribution in [0.3, 0.4) is 0 Å². The maximum absolute atomic E-state index is 12.8. The third-order valence-corrected chi connectivity index (χ3v) is 4.66. The highest BCUT2D eigenvalue weighted by atomic mass is 16.3. The van der Waals surface area contributed by atoms with Crippen molar-refractivity contribution < 1.29 is 9.21 Å². The van der Waals surface area contributed by atoms with E-state index >= 15 is 0 Å². The molecule has 1 atom stereocenters. The summed E-state index contributed by atoms with van der Waals surface area (Å²) < 4.78 is 5.36. The highest BCUT2D eigenvalue weighted by Gasteiger charge is 2.29. The average molecular weight is 337 g/mol. The van der Waals surface area contributed by atoms with Crippen molar-refractivity contribution in [3.63, 3.8) is 0 Å². The second-order valence-corrected chi connectivity index (χ2v) is 6.34. The average Bonchev–Trinajstić information content (AvgIpc) is 3.31. The molecule has 2 aromatic rings. The predicted octanol–water partition coefficient (Wildman–Crippen LogP) is 3.36. The van der Waals surface area contributed by atoms with E-state index in [1.54, 1.807) is 11.2 Å². The highest BCUT2D eigenvalue weighted by Crippen LogP contribution is 2.31. The van der Waals surface area contributed by atoms with Crippen molar-refractivity contribution in [1.82, 2.24) is 9.80 Å². The Morgan fingerprint density at radius 1 is 1.28 bits per heavy atom. The molecule has 0 aliphatic carbocycles. The summed E-state index contributed by atoms with van der Waals surface area (Å²) in [6.45, 7) is 2.15. The van der Waals surface area contributed by atoms with Gasteiger partial charge in [0, 0.05) is 12.6 Å². The number of carbonyl (C=O) groups is 1. The zero-order valence-corrected chi connectivity index (χ0v) is 14.3. The lowest BCUT2D eigenvalue weighted by Crippen LogP contribution is -2.40. The van der Waals surface area contributed by atoms with Crippen molar-refractivity contribution >= 4 is 5.91 Å². The summed E-state index contributed by atoms with van der Waals surface area (Å²) in [7, 11) is 0.